The van der Waals surface area contributed by atoms with Gasteiger partial charge in [-0.1, -0.05) is 55.6 Å². The summed E-state index contributed by atoms with van der Waals surface area (Å²) < 4.78 is 120. The molecule has 4 rings (SSSR count). The lowest BCUT2D eigenvalue weighted by Crippen LogP contribution is -2.22. The first-order chi connectivity index (χ1) is 31.5. The van der Waals surface area contributed by atoms with E-state index >= 15 is 4.39 Å². The smallest absolute Gasteiger partial charge is 0.422 e. The van der Waals surface area contributed by atoms with Crippen LogP contribution in [-0.4, -0.2) is 73.6 Å². The predicted octanol–water partition coefficient (Wildman–Crippen LogP) is 10.4. The van der Waals surface area contributed by atoms with Crippen molar-refractivity contribution in [1.82, 2.24) is 0 Å². The number of rotatable bonds is 22. The third-order valence-corrected chi connectivity index (χ3v) is 9.63. The van der Waals surface area contributed by atoms with Gasteiger partial charge in [-0.2, -0.15) is 26.3 Å². The zero-order valence-electron chi connectivity index (χ0n) is 36.2. The van der Waals surface area contributed by atoms with Crippen molar-refractivity contribution in [1.29, 1.82) is 0 Å². The summed E-state index contributed by atoms with van der Waals surface area (Å²) in [6.07, 6.45) is -11.9. The molecule has 4 aromatic rings. The Morgan fingerprint density at radius 3 is 1.40 bits per heavy atom. The van der Waals surface area contributed by atoms with Crippen molar-refractivity contribution in [3.8, 4) is 33.8 Å². The highest BCUT2D eigenvalue weighted by Crippen LogP contribution is 2.32. The number of esters is 6. The second-order valence-corrected chi connectivity index (χ2v) is 15.0. The van der Waals surface area contributed by atoms with E-state index in [1.807, 2.05) is 18.2 Å². The summed E-state index contributed by atoms with van der Waals surface area (Å²) in [6, 6.07) is 21.5. The van der Waals surface area contributed by atoms with Crippen LogP contribution in [0.2, 0.25) is 0 Å². The molecular formula is C48H45F7O12. The van der Waals surface area contributed by atoms with Crippen LogP contribution in [-0.2, 0) is 47.7 Å². The summed E-state index contributed by atoms with van der Waals surface area (Å²) >= 11 is 0. The first kappa shape index (κ1) is 52.6. The van der Waals surface area contributed by atoms with Crippen LogP contribution < -0.4 is 9.47 Å². The van der Waals surface area contributed by atoms with Gasteiger partial charge in [0.2, 0.25) is 0 Å². The Kier molecular flexibility index (Phi) is 18.8. The van der Waals surface area contributed by atoms with E-state index in [1.54, 1.807) is 49.4 Å². The van der Waals surface area contributed by atoms with Gasteiger partial charge in [0.1, 0.15) is 28.5 Å². The van der Waals surface area contributed by atoms with Crippen LogP contribution in [0, 0.1) is 5.82 Å². The molecule has 0 amide bonds. The van der Waals surface area contributed by atoms with Crippen molar-refractivity contribution in [2.45, 2.75) is 89.8 Å². The Morgan fingerprint density at radius 2 is 0.925 bits per heavy atom. The Morgan fingerprint density at radius 1 is 0.522 bits per heavy atom. The quantitative estimate of drug-likeness (QED) is 0.0184. The number of carbonyl (C=O) groups is 6. The molecule has 0 aliphatic heterocycles. The molecule has 0 spiro atoms. The SMILES string of the molecule is C=C(C(=O)OCCCC(C)OC(=O)CCC(=O)Oc1ccc(-c2ccc(-c3ccc4cc(OC(=O)CCC(=O)OC(C)CCCOC(=O)C(=C)C(F)(F)F)ccc4c3)cc2)c(F)c1)C(F)(F)F. The van der Waals surface area contributed by atoms with Crippen LogP contribution in [0.5, 0.6) is 11.5 Å². The minimum atomic E-state index is -4.90. The number of halogens is 7. The van der Waals surface area contributed by atoms with E-state index in [4.69, 9.17) is 18.9 Å². The number of carbonyl (C=O) groups excluding carboxylic acids is 6. The standard InChI is InChI=1S/C48H45F7O12/c1-28(7-5-23-62-45(60)30(3)47(50,51)52)64-41(56)19-21-43(58)66-37-16-15-35-25-34(13-14-36(35)26-37)32-9-11-33(12-10-32)39-18-17-38(27-40(39)49)67-44(59)22-20-42(57)65-29(2)8-6-24-63-46(61)31(4)48(53,54)55/h9-18,25-29H,3-8,19-24H2,1-2H3. The molecule has 2 unspecified atom stereocenters. The van der Waals surface area contributed by atoms with E-state index in [0.717, 1.165) is 28.0 Å². The first-order valence-corrected chi connectivity index (χ1v) is 20.6. The van der Waals surface area contributed by atoms with Gasteiger partial charge in [-0.15, -0.1) is 0 Å². The second kappa shape index (κ2) is 23.9. The van der Waals surface area contributed by atoms with E-state index in [9.17, 15) is 55.1 Å². The van der Waals surface area contributed by atoms with E-state index in [1.165, 1.54) is 19.1 Å². The largest absolute Gasteiger partial charge is 0.463 e. The predicted molar refractivity (Wildman–Crippen MR) is 226 cm³/mol. The van der Waals surface area contributed by atoms with Crippen molar-refractivity contribution < 1.29 is 87.9 Å². The minimum absolute atomic E-state index is 0.0900. The Labute approximate surface area is 379 Å². The summed E-state index contributed by atoms with van der Waals surface area (Å²) in [7, 11) is 0. The van der Waals surface area contributed by atoms with Gasteiger partial charge in [0, 0.05) is 11.6 Å². The average molecular weight is 947 g/mol. The monoisotopic (exact) mass is 946 g/mol. The summed E-state index contributed by atoms with van der Waals surface area (Å²) in [5.74, 6) is -6.65. The van der Waals surface area contributed by atoms with Crippen LogP contribution in [0.3, 0.4) is 0 Å². The normalized spacial score (nSPS) is 12.3. The summed E-state index contributed by atoms with van der Waals surface area (Å²) in [6.45, 7) is 7.69. The Hall–Kier alpha value is -7.05. The van der Waals surface area contributed by atoms with Crippen molar-refractivity contribution in [2.24, 2.45) is 0 Å². The van der Waals surface area contributed by atoms with Crippen LogP contribution >= 0.6 is 0 Å². The molecule has 0 saturated heterocycles. The highest BCUT2D eigenvalue weighted by molar-refractivity contribution is 5.90. The van der Waals surface area contributed by atoms with Gasteiger partial charge in [0.05, 0.1) is 51.1 Å². The molecule has 0 heterocycles. The minimum Gasteiger partial charge on any atom is -0.463 e. The van der Waals surface area contributed by atoms with E-state index in [0.29, 0.717) is 5.56 Å². The molecule has 0 aliphatic carbocycles. The van der Waals surface area contributed by atoms with Crippen LogP contribution in [0.4, 0.5) is 30.7 Å². The van der Waals surface area contributed by atoms with Gasteiger partial charge in [0.15, 0.2) is 0 Å². The van der Waals surface area contributed by atoms with E-state index < -0.39 is 77.3 Å². The number of hydrogen-bond acceptors (Lipinski definition) is 12. The lowest BCUT2D eigenvalue weighted by molar-refractivity contribution is -0.153. The molecule has 0 radical (unpaired) electrons. The van der Waals surface area contributed by atoms with Gasteiger partial charge in [-0.05, 0) is 97.3 Å². The van der Waals surface area contributed by atoms with Gasteiger partial charge in [-0.3, -0.25) is 19.2 Å². The van der Waals surface area contributed by atoms with E-state index in [-0.39, 0.29) is 81.6 Å². The number of benzene rings is 4. The fourth-order valence-corrected chi connectivity index (χ4v) is 6.04. The number of ether oxygens (including phenoxy) is 6. The highest BCUT2D eigenvalue weighted by Gasteiger charge is 2.38. The molecule has 12 nitrogen and oxygen atoms in total. The zero-order chi connectivity index (χ0) is 49.5. The fourth-order valence-electron chi connectivity index (χ4n) is 6.04. The highest BCUT2D eigenvalue weighted by atomic mass is 19.4. The summed E-state index contributed by atoms with van der Waals surface area (Å²) in [5, 5.41) is 1.57. The zero-order valence-corrected chi connectivity index (χ0v) is 36.2. The molecule has 4 aromatic carbocycles. The van der Waals surface area contributed by atoms with Crippen molar-refractivity contribution >= 4 is 46.6 Å². The molecule has 19 heteroatoms. The van der Waals surface area contributed by atoms with Crippen LogP contribution in [0.15, 0.2) is 103 Å². The van der Waals surface area contributed by atoms with Crippen molar-refractivity contribution in [3.63, 3.8) is 0 Å². The van der Waals surface area contributed by atoms with E-state index in [2.05, 4.69) is 22.6 Å². The van der Waals surface area contributed by atoms with Crippen molar-refractivity contribution in [2.75, 3.05) is 13.2 Å². The number of fused-ring (bicyclic) bond motifs is 1. The topological polar surface area (TPSA) is 158 Å². The maximum absolute atomic E-state index is 15.2. The molecule has 0 aliphatic rings. The fraction of sp³-hybridized carbons (Fsp3) is 0.333. The second-order valence-electron chi connectivity index (χ2n) is 15.0. The number of hydrogen-bond donors (Lipinski definition) is 0. The molecule has 67 heavy (non-hydrogen) atoms. The maximum Gasteiger partial charge on any atom is 0.422 e. The summed E-state index contributed by atoms with van der Waals surface area (Å²) in [5.41, 5.74) is -0.835. The van der Waals surface area contributed by atoms with Gasteiger partial charge < -0.3 is 28.4 Å². The van der Waals surface area contributed by atoms with Gasteiger partial charge in [0.25, 0.3) is 0 Å². The molecule has 0 fully saturated rings. The maximum atomic E-state index is 15.2. The third kappa shape index (κ3) is 17.0. The molecule has 0 bridgehead atoms. The molecule has 2 atom stereocenters. The third-order valence-electron chi connectivity index (χ3n) is 9.63. The molecule has 0 N–H and O–H groups in total. The van der Waals surface area contributed by atoms with Gasteiger partial charge in [-0.25, -0.2) is 14.0 Å². The van der Waals surface area contributed by atoms with Crippen LogP contribution in [0.25, 0.3) is 33.0 Å². The Balaban J connectivity index is 1.19. The summed E-state index contributed by atoms with van der Waals surface area (Å²) in [4.78, 5) is 72.0. The lowest BCUT2D eigenvalue weighted by atomic mass is 9.98. The lowest BCUT2D eigenvalue weighted by Gasteiger charge is -2.14. The number of alkyl halides is 6. The molecule has 0 saturated carbocycles. The Bertz CT molecular complexity index is 2460. The van der Waals surface area contributed by atoms with Gasteiger partial charge >= 0.3 is 48.2 Å². The molecule has 358 valence electrons. The van der Waals surface area contributed by atoms with Crippen LogP contribution in [0.1, 0.15) is 65.2 Å². The molecular weight excluding hydrogens is 902 g/mol. The molecule has 0 aromatic heterocycles. The first-order valence-electron chi connectivity index (χ1n) is 20.6. The average Bonchev–Trinajstić information content (AvgIpc) is 3.26. The van der Waals surface area contributed by atoms with Crippen molar-refractivity contribution in [3.05, 3.63) is 109 Å².